The Kier molecular flexibility index (Phi) is 5.97. The van der Waals surface area contributed by atoms with E-state index in [1.165, 1.54) is 28.6 Å². The molecule has 23 heavy (non-hydrogen) atoms. The van der Waals surface area contributed by atoms with Gasteiger partial charge in [-0.15, -0.1) is 10.2 Å². The Hall–Kier alpha value is -2.09. The van der Waals surface area contributed by atoms with Gasteiger partial charge in [-0.05, 0) is 24.5 Å². The van der Waals surface area contributed by atoms with Crippen LogP contribution in [0.1, 0.15) is 20.3 Å². The SMILES string of the molecule is CC(C)CCNC(=O)CSc1nnc(-c2cccc(F)c2)n1N. The fraction of sp³-hybridized carbons (Fsp3) is 0.400. The van der Waals surface area contributed by atoms with Gasteiger partial charge in [0.25, 0.3) is 0 Å². The Bertz CT molecular complexity index is 674. The van der Waals surface area contributed by atoms with E-state index in [0.717, 1.165) is 6.42 Å². The lowest BCUT2D eigenvalue weighted by Gasteiger charge is -2.07. The van der Waals surface area contributed by atoms with Crippen LogP contribution in [0.2, 0.25) is 0 Å². The maximum Gasteiger partial charge on any atom is 0.230 e. The van der Waals surface area contributed by atoms with Gasteiger partial charge in [0.15, 0.2) is 5.82 Å². The second-order valence-electron chi connectivity index (χ2n) is 5.51. The number of carbonyl (C=O) groups is 1. The van der Waals surface area contributed by atoms with Crippen molar-refractivity contribution in [3.8, 4) is 11.4 Å². The number of aromatic nitrogens is 3. The van der Waals surface area contributed by atoms with Gasteiger partial charge in [-0.25, -0.2) is 9.07 Å². The summed E-state index contributed by atoms with van der Waals surface area (Å²) in [7, 11) is 0. The van der Waals surface area contributed by atoms with Gasteiger partial charge in [0.1, 0.15) is 5.82 Å². The Morgan fingerprint density at radius 1 is 1.43 bits per heavy atom. The fourth-order valence-electron chi connectivity index (χ4n) is 1.88. The van der Waals surface area contributed by atoms with Crippen molar-refractivity contribution < 1.29 is 9.18 Å². The molecule has 0 bridgehead atoms. The summed E-state index contributed by atoms with van der Waals surface area (Å²) in [6, 6.07) is 5.95. The van der Waals surface area contributed by atoms with Gasteiger partial charge in [0, 0.05) is 12.1 Å². The molecule has 0 atom stereocenters. The lowest BCUT2D eigenvalue weighted by Crippen LogP contribution is -2.27. The predicted molar refractivity (Wildman–Crippen MR) is 88.8 cm³/mol. The van der Waals surface area contributed by atoms with Crippen molar-refractivity contribution in [3.05, 3.63) is 30.1 Å². The normalized spacial score (nSPS) is 11.0. The van der Waals surface area contributed by atoms with Crippen LogP contribution in [0.25, 0.3) is 11.4 Å². The Balaban J connectivity index is 1.93. The molecule has 0 aliphatic carbocycles. The van der Waals surface area contributed by atoms with E-state index in [2.05, 4.69) is 29.4 Å². The van der Waals surface area contributed by atoms with Crippen LogP contribution in [0.15, 0.2) is 29.4 Å². The number of halogens is 1. The molecular formula is C15H20FN5OS. The molecule has 1 aromatic carbocycles. The second-order valence-corrected chi connectivity index (χ2v) is 6.45. The smallest absolute Gasteiger partial charge is 0.230 e. The highest BCUT2D eigenvalue weighted by molar-refractivity contribution is 7.99. The molecule has 0 saturated carbocycles. The third kappa shape index (κ3) is 4.95. The van der Waals surface area contributed by atoms with Gasteiger partial charge >= 0.3 is 0 Å². The largest absolute Gasteiger partial charge is 0.355 e. The highest BCUT2D eigenvalue weighted by Crippen LogP contribution is 2.21. The standard InChI is InChI=1S/C15H20FN5OS/c1-10(2)6-7-18-13(22)9-23-15-20-19-14(21(15)17)11-4-3-5-12(16)8-11/h3-5,8,10H,6-7,9,17H2,1-2H3,(H,18,22). The van der Waals surface area contributed by atoms with Gasteiger partial charge in [0.2, 0.25) is 11.1 Å². The van der Waals surface area contributed by atoms with E-state index in [4.69, 9.17) is 5.84 Å². The minimum atomic E-state index is -0.371. The summed E-state index contributed by atoms with van der Waals surface area (Å²) in [5, 5.41) is 11.2. The van der Waals surface area contributed by atoms with Gasteiger partial charge in [-0.2, -0.15) is 0 Å². The number of nitrogen functional groups attached to an aromatic ring is 1. The zero-order valence-corrected chi connectivity index (χ0v) is 13.9. The van der Waals surface area contributed by atoms with E-state index in [-0.39, 0.29) is 17.5 Å². The molecule has 2 rings (SSSR count). The van der Waals surface area contributed by atoms with E-state index in [0.29, 0.717) is 29.0 Å². The minimum Gasteiger partial charge on any atom is -0.355 e. The van der Waals surface area contributed by atoms with Crippen molar-refractivity contribution >= 4 is 17.7 Å². The number of hydrogen-bond acceptors (Lipinski definition) is 5. The van der Waals surface area contributed by atoms with Crippen LogP contribution < -0.4 is 11.2 Å². The molecule has 1 aromatic heterocycles. The van der Waals surface area contributed by atoms with Crippen LogP contribution in [-0.2, 0) is 4.79 Å². The molecule has 6 nitrogen and oxygen atoms in total. The summed E-state index contributed by atoms with van der Waals surface area (Å²) in [5.74, 6) is 6.58. The van der Waals surface area contributed by atoms with Gasteiger partial charge in [-0.1, -0.05) is 37.7 Å². The highest BCUT2D eigenvalue weighted by atomic mass is 32.2. The molecular weight excluding hydrogens is 317 g/mol. The van der Waals surface area contributed by atoms with E-state index in [1.807, 2.05) is 0 Å². The van der Waals surface area contributed by atoms with Crippen LogP contribution in [0.4, 0.5) is 4.39 Å². The first-order valence-corrected chi connectivity index (χ1v) is 8.32. The van der Waals surface area contributed by atoms with Gasteiger partial charge in [-0.3, -0.25) is 4.79 Å². The average Bonchev–Trinajstić information content (AvgIpc) is 2.86. The first kappa shape index (κ1) is 17.3. The molecule has 0 fully saturated rings. The maximum absolute atomic E-state index is 13.3. The molecule has 0 aliphatic rings. The Morgan fingerprint density at radius 3 is 2.91 bits per heavy atom. The third-order valence-electron chi connectivity index (χ3n) is 3.12. The fourth-order valence-corrected chi connectivity index (χ4v) is 2.57. The van der Waals surface area contributed by atoms with Crippen molar-refractivity contribution in [3.63, 3.8) is 0 Å². The number of thioether (sulfide) groups is 1. The van der Waals surface area contributed by atoms with E-state index >= 15 is 0 Å². The number of amides is 1. The quantitative estimate of drug-likeness (QED) is 0.596. The average molecular weight is 337 g/mol. The highest BCUT2D eigenvalue weighted by Gasteiger charge is 2.14. The molecule has 0 unspecified atom stereocenters. The molecule has 2 aromatic rings. The summed E-state index contributed by atoms with van der Waals surface area (Å²) in [4.78, 5) is 11.8. The topological polar surface area (TPSA) is 85.8 Å². The van der Waals surface area contributed by atoms with E-state index in [1.54, 1.807) is 12.1 Å². The van der Waals surface area contributed by atoms with E-state index in [9.17, 15) is 9.18 Å². The number of nitrogens with two attached hydrogens (primary N) is 1. The van der Waals surface area contributed by atoms with Crippen molar-refractivity contribution in [1.82, 2.24) is 20.2 Å². The molecule has 124 valence electrons. The number of rotatable bonds is 7. The van der Waals surface area contributed by atoms with Gasteiger partial charge in [0.05, 0.1) is 5.75 Å². The van der Waals surface area contributed by atoms with Crippen LogP contribution in [-0.4, -0.2) is 33.1 Å². The zero-order chi connectivity index (χ0) is 16.8. The van der Waals surface area contributed by atoms with Crippen molar-refractivity contribution in [2.24, 2.45) is 5.92 Å². The molecule has 8 heteroatoms. The molecule has 0 saturated heterocycles. The first-order valence-electron chi connectivity index (χ1n) is 7.33. The molecule has 0 aliphatic heterocycles. The van der Waals surface area contributed by atoms with Crippen LogP contribution in [0, 0.1) is 11.7 Å². The number of hydrogen-bond donors (Lipinski definition) is 2. The second kappa shape index (κ2) is 7.96. The molecule has 1 amide bonds. The number of nitrogens with one attached hydrogen (secondary N) is 1. The van der Waals surface area contributed by atoms with Crippen LogP contribution in [0.3, 0.4) is 0 Å². The molecule has 3 N–H and O–H groups in total. The van der Waals surface area contributed by atoms with Gasteiger partial charge < -0.3 is 11.2 Å². The number of nitrogens with zero attached hydrogens (tertiary/aromatic N) is 3. The van der Waals surface area contributed by atoms with Crippen molar-refractivity contribution in [1.29, 1.82) is 0 Å². The van der Waals surface area contributed by atoms with E-state index < -0.39 is 0 Å². The number of carbonyl (C=O) groups excluding carboxylic acids is 1. The molecule has 0 spiro atoms. The summed E-state index contributed by atoms with van der Waals surface area (Å²) < 4.78 is 14.5. The lowest BCUT2D eigenvalue weighted by atomic mass is 10.1. The summed E-state index contributed by atoms with van der Waals surface area (Å²) in [6.07, 6.45) is 0.938. The summed E-state index contributed by atoms with van der Waals surface area (Å²) >= 11 is 1.19. The zero-order valence-electron chi connectivity index (χ0n) is 13.1. The number of benzene rings is 1. The van der Waals surface area contributed by atoms with Crippen LogP contribution in [0.5, 0.6) is 0 Å². The lowest BCUT2D eigenvalue weighted by molar-refractivity contribution is -0.118. The summed E-state index contributed by atoms with van der Waals surface area (Å²) in [5.41, 5.74) is 0.535. The molecule has 0 radical (unpaired) electrons. The Morgan fingerprint density at radius 2 is 2.22 bits per heavy atom. The maximum atomic E-state index is 13.3. The van der Waals surface area contributed by atoms with Crippen LogP contribution >= 0.6 is 11.8 Å². The first-order chi connectivity index (χ1) is 11.0. The predicted octanol–water partition coefficient (Wildman–Crippen LogP) is 2.05. The third-order valence-corrected chi connectivity index (χ3v) is 4.07. The molecule has 1 heterocycles. The van der Waals surface area contributed by atoms with Crippen molar-refractivity contribution in [2.75, 3.05) is 18.1 Å². The minimum absolute atomic E-state index is 0.0778. The summed E-state index contributed by atoms with van der Waals surface area (Å²) in [6.45, 7) is 4.86. The van der Waals surface area contributed by atoms with Crippen molar-refractivity contribution in [2.45, 2.75) is 25.4 Å². The monoisotopic (exact) mass is 337 g/mol. The Labute approximate surface area is 138 Å².